The lowest BCUT2D eigenvalue weighted by molar-refractivity contribution is 0.0706. The molecule has 1 aromatic heterocycles. The summed E-state index contributed by atoms with van der Waals surface area (Å²) in [6, 6.07) is 20.0. The average molecular weight is 422 g/mol. The van der Waals surface area contributed by atoms with Crippen molar-refractivity contribution in [2.45, 2.75) is 6.54 Å². The minimum atomic E-state index is -0.628. The number of nitrogens with zero attached hydrogens (tertiary/aromatic N) is 2. The van der Waals surface area contributed by atoms with Crippen LogP contribution in [0.4, 0.5) is 0 Å². The van der Waals surface area contributed by atoms with Crippen molar-refractivity contribution in [3.8, 4) is 5.69 Å². The highest BCUT2D eigenvalue weighted by atomic mass is 35.5. The Morgan fingerprint density at radius 2 is 1.60 bits per heavy atom. The zero-order valence-corrected chi connectivity index (χ0v) is 16.3. The largest absolute Gasteiger partial charge is 0.336 e. The molecule has 0 unspecified atom stereocenters. The Kier molecular flexibility index (Phi) is 5.22. The average Bonchev–Trinajstić information content (AvgIpc) is 2.78. The molecule has 150 valence electrons. The number of nitrogens with one attached hydrogen (secondary N) is 1. The van der Waals surface area contributed by atoms with Crippen LogP contribution in [0.25, 0.3) is 16.6 Å². The Morgan fingerprint density at radius 1 is 0.933 bits per heavy atom. The standard InChI is InChI=1S/C22H16ClN3O4/c23-17-6-2-4-8-19(17)26-21(28)16-5-1-3-7-18(16)25(22(26)29)13-14-9-11-15(12-10-14)20(27)24-30/h1-12,30H,13H2,(H,24,27). The van der Waals surface area contributed by atoms with E-state index in [-0.39, 0.29) is 17.1 Å². The SMILES string of the molecule is O=C(NO)c1ccc(Cn2c(=O)n(-c3ccccc3Cl)c(=O)c3ccccc32)cc1. The first-order valence-corrected chi connectivity index (χ1v) is 9.42. The van der Waals surface area contributed by atoms with E-state index in [4.69, 9.17) is 16.8 Å². The van der Waals surface area contributed by atoms with Crippen LogP contribution in [0.15, 0.2) is 82.4 Å². The van der Waals surface area contributed by atoms with Gasteiger partial charge < -0.3 is 0 Å². The molecule has 4 aromatic rings. The highest BCUT2D eigenvalue weighted by Crippen LogP contribution is 2.18. The van der Waals surface area contributed by atoms with Crippen LogP contribution < -0.4 is 16.7 Å². The second kappa shape index (κ2) is 7.98. The summed E-state index contributed by atoms with van der Waals surface area (Å²) in [5, 5.41) is 9.42. The van der Waals surface area contributed by atoms with Gasteiger partial charge in [0.2, 0.25) is 0 Å². The summed E-state index contributed by atoms with van der Waals surface area (Å²) in [7, 11) is 0. The highest BCUT2D eigenvalue weighted by Gasteiger charge is 2.16. The van der Waals surface area contributed by atoms with Gasteiger partial charge in [-0.25, -0.2) is 14.8 Å². The lowest BCUT2D eigenvalue weighted by atomic mass is 10.1. The Labute approximate surface area is 175 Å². The van der Waals surface area contributed by atoms with Gasteiger partial charge in [0.05, 0.1) is 28.2 Å². The highest BCUT2D eigenvalue weighted by molar-refractivity contribution is 6.32. The van der Waals surface area contributed by atoms with E-state index in [1.165, 1.54) is 16.7 Å². The third-order valence-corrected chi connectivity index (χ3v) is 5.12. The van der Waals surface area contributed by atoms with E-state index >= 15 is 0 Å². The van der Waals surface area contributed by atoms with Gasteiger partial charge in [-0.2, -0.15) is 0 Å². The van der Waals surface area contributed by atoms with Crippen molar-refractivity contribution in [2.24, 2.45) is 0 Å². The fourth-order valence-corrected chi connectivity index (χ4v) is 3.55. The Bertz CT molecular complexity index is 1370. The van der Waals surface area contributed by atoms with Gasteiger partial charge in [-0.15, -0.1) is 0 Å². The van der Waals surface area contributed by atoms with Crippen molar-refractivity contribution in [1.82, 2.24) is 14.6 Å². The number of para-hydroxylation sites is 2. The van der Waals surface area contributed by atoms with Gasteiger partial charge in [-0.05, 0) is 42.0 Å². The number of hydrogen-bond acceptors (Lipinski definition) is 4. The Morgan fingerprint density at radius 3 is 2.30 bits per heavy atom. The molecule has 1 heterocycles. The molecule has 1 amide bonds. The Hall–Kier alpha value is -3.68. The van der Waals surface area contributed by atoms with Gasteiger partial charge in [0.25, 0.3) is 11.5 Å². The lowest BCUT2D eigenvalue weighted by Crippen LogP contribution is -2.39. The quantitative estimate of drug-likeness (QED) is 0.391. The number of carbonyl (C=O) groups excluding carboxylic acids is 1. The predicted molar refractivity (Wildman–Crippen MR) is 114 cm³/mol. The number of carbonyl (C=O) groups is 1. The first-order valence-electron chi connectivity index (χ1n) is 9.04. The van der Waals surface area contributed by atoms with Gasteiger partial charge in [0.1, 0.15) is 0 Å². The van der Waals surface area contributed by atoms with E-state index in [2.05, 4.69) is 0 Å². The number of amides is 1. The molecular weight excluding hydrogens is 406 g/mol. The van der Waals surface area contributed by atoms with E-state index in [0.717, 1.165) is 10.1 Å². The van der Waals surface area contributed by atoms with Crippen molar-refractivity contribution in [3.05, 3.63) is 110 Å². The van der Waals surface area contributed by atoms with Crippen molar-refractivity contribution in [2.75, 3.05) is 0 Å². The Balaban J connectivity index is 1.92. The third kappa shape index (κ3) is 3.41. The molecule has 0 fully saturated rings. The van der Waals surface area contributed by atoms with Crippen molar-refractivity contribution in [1.29, 1.82) is 0 Å². The van der Waals surface area contributed by atoms with Crippen LogP contribution in [0.3, 0.4) is 0 Å². The maximum atomic E-state index is 13.4. The van der Waals surface area contributed by atoms with Crippen molar-refractivity contribution in [3.63, 3.8) is 0 Å². The third-order valence-electron chi connectivity index (χ3n) is 4.80. The minimum absolute atomic E-state index is 0.172. The maximum Gasteiger partial charge on any atom is 0.336 e. The maximum absolute atomic E-state index is 13.4. The number of benzene rings is 3. The first-order chi connectivity index (χ1) is 14.5. The van der Waals surface area contributed by atoms with Gasteiger partial charge >= 0.3 is 5.69 Å². The fraction of sp³-hybridized carbons (Fsp3) is 0.0455. The number of hydroxylamine groups is 1. The monoisotopic (exact) mass is 421 g/mol. The molecule has 0 aliphatic carbocycles. The van der Waals surface area contributed by atoms with Crippen LogP contribution in [-0.2, 0) is 6.54 Å². The summed E-state index contributed by atoms with van der Waals surface area (Å²) in [6.45, 7) is 0.172. The molecule has 0 bridgehead atoms. The first kappa shape index (κ1) is 19.6. The lowest BCUT2D eigenvalue weighted by Gasteiger charge is -2.15. The van der Waals surface area contributed by atoms with E-state index in [1.807, 2.05) is 0 Å². The number of rotatable bonds is 4. The molecule has 7 nitrogen and oxygen atoms in total. The molecule has 0 atom stereocenters. The summed E-state index contributed by atoms with van der Waals surface area (Å²) in [5.41, 5.74) is 2.42. The zero-order valence-electron chi connectivity index (χ0n) is 15.6. The second-order valence-electron chi connectivity index (χ2n) is 6.62. The van der Waals surface area contributed by atoms with Gasteiger partial charge in [0, 0.05) is 5.56 Å². The fourth-order valence-electron chi connectivity index (χ4n) is 3.33. The molecule has 0 saturated carbocycles. The molecule has 0 saturated heterocycles. The molecule has 4 rings (SSSR count). The summed E-state index contributed by atoms with van der Waals surface area (Å²) >= 11 is 6.26. The van der Waals surface area contributed by atoms with Crippen LogP contribution in [-0.4, -0.2) is 20.2 Å². The molecule has 0 radical (unpaired) electrons. The minimum Gasteiger partial charge on any atom is -0.288 e. The van der Waals surface area contributed by atoms with Crippen LogP contribution in [0, 0.1) is 0 Å². The second-order valence-corrected chi connectivity index (χ2v) is 7.02. The molecule has 3 aromatic carbocycles. The summed E-state index contributed by atoms with van der Waals surface area (Å²) < 4.78 is 2.55. The number of fused-ring (bicyclic) bond motifs is 1. The van der Waals surface area contributed by atoms with Gasteiger partial charge in [-0.1, -0.05) is 48.0 Å². The smallest absolute Gasteiger partial charge is 0.288 e. The molecule has 0 aliphatic heterocycles. The van der Waals surface area contributed by atoms with E-state index in [0.29, 0.717) is 16.6 Å². The number of halogens is 1. The predicted octanol–water partition coefficient (Wildman–Crippen LogP) is 2.97. The van der Waals surface area contributed by atoms with Gasteiger partial charge in [0.15, 0.2) is 0 Å². The van der Waals surface area contributed by atoms with E-state index in [9.17, 15) is 14.4 Å². The van der Waals surface area contributed by atoms with Crippen molar-refractivity contribution >= 4 is 28.4 Å². The molecule has 0 spiro atoms. The molecular formula is C22H16ClN3O4. The van der Waals surface area contributed by atoms with E-state index in [1.54, 1.807) is 66.1 Å². The number of hydrogen-bond donors (Lipinski definition) is 2. The summed E-state index contributed by atoms with van der Waals surface area (Å²) in [4.78, 5) is 38.0. The van der Waals surface area contributed by atoms with Crippen molar-refractivity contribution < 1.29 is 10.0 Å². The topological polar surface area (TPSA) is 93.3 Å². The van der Waals surface area contributed by atoms with Crippen LogP contribution in [0.1, 0.15) is 15.9 Å². The van der Waals surface area contributed by atoms with E-state index < -0.39 is 17.2 Å². The molecule has 8 heteroatoms. The zero-order chi connectivity index (χ0) is 21.3. The normalized spacial score (nSPS) is 10.9. The number of aromatic nitrogens is 2. The van der Waals surface area contributed by atoms with Crippen LogP contribution >= 0.6 is 11.6 Å². The molecule has 30 heavy (non-hydrogen) atoms. The van der Waals surface area contributed by atoms with Crippen LogP contribution in [0.5, 0.6) is 0 Å². The summed E-state index contributed by atoms with van der Waals surface area (Å²) in [5.74, 6) is -0.628. The molecule has 2 N–H and O–H groups in total. The van der Waals surface area contributed by atoms with Crippen LogP contribution in [0.2, 0.25) is 5.02 Å². The summed E-state index contributed by atoms with van der Waals surface area (Å²) in [6.07, 6.45) is 0. The molecule has 0 aliphatic rings. The van der Waals surface area contributed by atoms with Gasteiger partial charge in [-0.3, -0.25) is 19.4 Å².